The molecule has 1 saturated carbocycles. The van der Waals surface area contributed by atoms with Crippen molar-refractivity contribution >= 4 is 21.8 Å². The van der Waals surface area contributed by atoms with Crippen molar-refractivity contribution in [1.29, 1.82) is 0 Å². The van der Waals surface area contributed by atoms with Gasteiger partial charge in [0.1, 0.15) is 5.75 Å². The molecule has 1 aliphatic carbocycles. The number of amides is 1. The average molecular weight is 355 g/mol. The van der Waals surface area contributed by atoms with Crippen LogP contribution in [0, 0.1) is 0 Å². The fourth-order valence-electron chi connectivity index (χ4n) is 1.95. The van der Waals surface area contributed by atoms with Crippen molar-refractivity contribution in [1.82, 2.24) is 10.6 Å². The Morgan fingerprint density at radius 1 is 1.48 bits per heavy atom. The van der Waals surface area contributed by atoms with Crippen molar-refractivity contribution in [2.45, 2.75) is 51.7 Å². The van der Waals surface area contributed by atoms with E-state index in [-0.39, 0.29) is 11.9 Å². The van der Waals surface area contributed by atoms with E-state index in [0.29, 0.717) is 19.2 Å². The van der Waals surface area contributed by atoms with Crippen LogP contribution in [0.25, 0.3) is 0 Å². The molecule has 5 heteroatoms. The summed E-state index contributed by atoms with van der Waals surface area (Å²) in [5.41, 5.74) is 1.06. The SMILES string of the molecule is CCCOc1ccc(Br)cc1CNC(C)C(=O)NC1CC1. The number of nitrogens with one attached hydrogen (secondary N) is 2. The highest BCUT2D eigenvalue weighted by Crippen LogP contribution is 2.23. The van der Waals surface area contributed by atoms with E-state index in [1.54, 1.807) is 0 Å². The molecule has 4 nitrogen and oxygen atoms in total. The third kappa shape index (κ3) is 5.32. The predicted octanol–water partition coefficient (Wildman–Crippen LogP) is 2.99. The normalized spacial score (nSPS) is 15.6. The summed E-state index contributed by atoms with van der Waals surface area (Å²) in [5, 5.41) is 6.27. The van der Waals surface area contributed by atoms with Crippen LogP contribution in [0.5, 0.6) is 5.75 Å². The lowest BCUT2D eigenvalue weighted by molar-refractivity contribution is -0.122. The summed E-state index contributed by atoms with van der Waals surface area (Å²) >= 11 is 3.48. The fourth-order valence-corrected chi connectivity index (χ4v) is 2.36. The molecule has 1 amide bonds. The van der Waals surface area contributed by atoms with E-state index in [2.05, 4.69) is 33.5 Å². The third-order valence-electron chi connectivity index (χ3n) is 3.40. The zero-order valence-corrected chi connectivity index (χ0v) is 14.2. The van der Waals surface area contributed by atoms with Gasteiger partial charge in [0.2, 0.25) is 5.91 Å². The number of hydrogen-bond donors (Lipinski definition) is 2. The van der Waals surface area contributed by atoms with Crippen molar-refractivity contribution in [3.63, 3.8) is 0 Å². The van der Waals surface area contributed by atoms with Crippen LogP contribution in [0.1, 0.15) is 38.7 Å². The summed E-state index contributed by atoms with van der Waals surface area (Å²) in [6, 6.07) is 6.16. The largest absolute Gasteiger partial charge is 0.493 e. The van der Waals surface area contributed by atoms with Gasteiger partial charge in [0.25, 0.3) is 0 Å². The number of carbonyl (C=O) groups excluding carboxylic acids is 1. The van der Waals surface area contributed by atoms with Gasteiger partial charge in [-0.05, 0) is 44.4 Å². The number of halogens is 1. The molecule has 2 N–H and O–H groups in total. The van der Waals surface area contributed by atoms with E-state index in [1.807, 2.05) is 25.1 Å². The molecule has 1 aromatic rings. The first-order valence-corrected chi connectivity index (χ1v) is 8.34. The van der Waals surface area contributed by atoms with E-state index in [4.69, 9.17) is 4.74 Å². The molecule has 0 radical (unpaired) electrons. The topological polar surface area (TPSA) is 50.4 Å². The minimum absolute atomic E-state index is 0.0727. The van der Waals surface area contributed by atoms with E-state index < -0.39 is 0 Å². The van der Waals surface area contributed by atoms with Gasteiger partial charge in [0.15, 0.2) is 0 Å². The minimum Gasteiger partial charge on any atom is -0.493 e. The summed E-state index contributed by atoms with van der Waals surface area (Å²) < 4.78 is 6.76. The van der Waals surface area contributed by atoms with Crippen LogP contribution in [-0.2, 0) is 11.3 Å². The van der Waals surface area contributed by atoms with Gasteiger partial charge in [0.05, 0.1) is 12.6 Å². The Bertz CT molecular complexity index is 489. The lowest BCUT2D eigenvalue weighted by atomic mass is 10.2. The summed E-state index contributed by atoms with van der Waals surface area (Å²) in [4.78, 5) is 11.9. The maximum absolute atomic E-state index is 11.9. The molecule has 1 fully saturated rings. The number of carbonyl (C=O) groups is 1. The average Bonchev–Trinajstić information content (AvgIpc) is 3.27. The van der Waals surface area contributed by atoms with Crippen LogP contribution >= 0.6 is 15.9 Å². The van der Waals surface area contributed by atoms with Crippen LogP contribution in [-0.4, -0.2) is 24.6 Å². The first-order chi connectivity index (χ1) is 10.1. The van der Waals surface area contributed by atoms with Gasteiger partial charge in [-0.25, -0.2) is 0 Å². The summed E-state index contributed by atoms with van der Waals surface area (Å²) in [7, 11) is 0. The van der Waals surface area contributed by atoms with Gasteiger partial charge in [-0.15, -0.1) is 0 Å². The molecule has 0 bridgehead atoms. The quantitative estimate of drug-likeness (QED) is 0.754. The summed E-state index contributed by atoms with van der Waals surface area (Å²) in [6.45, 7) is 5.29. The maximum Gasteiger partial charge on any atom is 0.237 e. The molecule has 1 atom stereocenters. The molecule has 1 aliphatic rings. The van der Waals surface area contributed by atoms with Gasteiger partial charge < -0.3 is 15.4 Å². The Morgan fingerprint density at radius 3 is 2.90 bits per heavy atom. The highest BCUT2D eigenvalue weighted by atomic mass is 79.9. The Balaban J connectivity index is 1.90. The Hall–Kier alpha value is -1.07. The van der Waals surface area contributed by atoms with Crippen LogP contribution in [0.4, 0.5) is 0 Å². The minimum atomic E-state index is -0.205. The van der Waals surface area contributed by atoms with Crippen molar-refractivity contribution in [2.75, 3.05) is 6.61 Å². The number of rotatable bonds is 8. The zero-order valence-electron chi connectivity index (χ0n) is 12.6. The van der Waals surface area contributed by atoms with Gasteiger partial charge in [-0.3, -0.25) is 4.79 Å². The Morgan fingerprint density at radius 2 is 2.24 bits per heavy atom. The molecule has 21 heavy (non-hydrogen) atoms. The van der Waals surface area contributed by atoms with Crippen LogP contribution in [0.2, 0.25) is 0 Å². The van der Waals surface area contributed by atoms with Crippen LogP contribution < -0.4 is 15.4 Å². The first kappa shape index (κ1) is 16.3. The van der Waals surface area contributed by atoms with E-state index in [0.717, 1.165) is 35.0 Å². The Labute approximate surface area is 134 Å². The lowest BCUT2D eigenvalue weighted by Gasteiger charge is -2.16. The highest BCUT2D eigenvalue weighted by Gasteiger charge is 2.25. The number of hydrogen-bond acceptors (Lipinski definition) is 3. The van der Waals surface area contributed by atoms with E-state index in [9.17, 15) is 4.79 Å². The molecule has 1 aromatic carbocycles. The molecule has 0 aromatic heterocycles. The highest BCUT2D eigenvalue weighted by molar-refractivity contribution is 9.10. The van der Waals surface area contributed by atoms with Gasteiger partial charge >= 0.3 is 0 Å². The second kappa shape index (κ2) is 7.80. The van der Waals surface area contributed by atoms with Gasteiger partial charge in [0, 0.05) is 22.6 Å². The van der Waals surface area contributed by atoms with Crippen LogP contribution in [0.3, 0.4) is 0 Å². The number of ether oxygens (including phenoxy) is 1. The predicted molar refractivity (Wildman–Crippen MR) is 87.4 cm³/mol. The number of benzene rings is 1. The van der Waals surface area contributed by atoms with E-state index in [1.165, 1.54) is 0 Å². The van der Waals surface area contributed by atoms with Crippen molar-refractivity contribution in [3.05, 3.63) is 28.2 Å². The molecule has 0 spiro atoms. The van der Waals surface area contributed by atoms with Crippen molar-refractivity contribution in [3.8, 4) is 5.75 Å². The van der Waals surface area contributed by atoms with E-state index >= 15 is 0 Å². The Kier molecular flexibility index (Phi) is 6.06. The molecule has 0 heterocycles. The molecule has 0 saturated heterocycles. The first-order valence-electron chi connectivity index (χ1n) is 7.55. The molecular formula is C16H23BrN2O2. The van der Waals surface area contributed by atoms with Crippen molar-refractivity contribution < 1.29 is 9.53 Å². The summed E-state index contributed by atoms with van der Waals surface area (Å²) in [5.74, 6) is 0.950. The monoisotopic (exact) mass is 354 g/mol. The van der Waals surface area contributed by atoms with Crippen molar-refractivity contribution in [2.24, 2.45) is 0 Å². The zero-order chi connectivity index (χ0) is 15.2. The molecule has 116 valence electrons. The third-order valence-corrected chi connectivity index (χ3v) is 3.89. The lowest BCUT2D eigenvalue weighted by Crippen LogP contribution is -2.42. The molecule has 0 aliphatic heterocycles. The second-order valence-corrected chi connectivity index (χ2v) is 6.40. The second-order valence-electron chi connectivity index (χ2n) is 5.49. The maximum atomic E-state index is 11.9. The summed E-state index contributed by atoms with van der Waals surface area (Å²) in [6.07, 6.45) is 3.20. The molecular weight excluding hydrogens is 332 g/mol. The smallest absolute Gasteiger partial charge is 0.237 e. The molecule has 1 unspecified atom stereocenters. The van der Waals surface area contributed by atoms with Gasteiger partial charge in [-0.2, -0.15) is 0 Å². The standard InChI is InChI=1S/C16H23BrN2O2/c1-3-8-21-15-7-4-13(17)9-12(15)10-18-11(2)16(20)19-14-5-6-14/h4,7,9,11,14,18H,3,5-6,8,10H2,1-2H3,(H,19,20). The van der Waals surface area contributed by atoms with Gasteiger partial charge in [-0.1, -0.05) is 22.9 Å². The fraction of sp³-hybridized carbons (Fsp3) is 0.562. The van der Waals surface area contributed by atoms with Crippen LogP contribution in [0.15, 0.2) is 22.7 Å². The molecule has 2 rings (SSSR count).